The first-order valence-corrected chi connectivity index (χ1v) is 7.44. The SMILES string of the molecule is CC(C)CC(CNCc1cn[nH]c1-c1cccnc1)C(=O)O. The summed E-state index contributed by atoms with van der Waals surface area (Å²) in [4.78, 5) is 15.3. The van der Waals surface area contributed by atoms with Gasteiger partial charge in [-0.1, -0.05) is 13.8 Å². The monoisotopic (exact) mass is 302 g/mol. The summed E-state index contributed by atoms with van der Waals surface area (Å²) < 4.78 is 0. The van der Waals surface area contributed by atoms with Crippen LogP contribution in [0.4, 0.5) is 0 Å². The molecular formula is C16H22N4O2. The highest BCUT2D eigenvalue weighted by Crippen LogP contribution is 2.19. The van der Waals surface area contributed by atoms with Gasteiger partial charge in [0, 0.05) is 36.6 Å². The smallest absolute Gasteiger partial charge is 0.307 e. The summed E-state index contributed by atoms with van der Waals surface area (Å²) in [5.41, 5.74) is 2.88. The first-order valence-electron chi connectivity index (χ1n) is 7.44. The van der Waals surface area contributed by atoms with Gasteiger partial charge in [0.05, 0.1) is 17.8 Å². The molecule has 3 N–H and O–H groups in total. The number of carboxylic acid groups (broad SMARTS) is 1. The maximum absolute atomic E-state index is 11.2. The van der Waals surface area contributed by atoms with Crippen molar-refractivity contribution in [1.29, 1.82) is 0 Å². The van der Waals surface area contributed by atoms with E-state index in [4.69, 9.17) is 0 Å². The van der Waals surface area contributed by atoms with Gasteiger partial charge in [-0.25, -0.2) is 0 Å². The van der Waals surface area contributed by atoms with E-state index in [-0.39, 0.29) is 5.92 Å². The Hall–Kier alpha value is -2.21. The number of hydrogen-bond acceptors (Lipinski definition) is 4. The molecule has 22 heavy (non-hydrogen) atoms. The van der Waals surface area contributed by atoms with Gasteiger partial charge >= 0.3 is 5.97 Å². The molecule has 0 saturated carbocycles. The Morgan fingerprint density at radius 3 is 2.86 bits per heavy atom. The molecule has 1 unspecified atom stereocenters. The molecule has 2 aromatic heterocycles. The molecule has 6 heteroatoms. The maximum atomic E-state index is 11.2. The lowest BCUT2D eigenvalue weighted by Gasteiger charge is -2.15. The quantitative estimate of drug-likeness (QED) is 0.696. The molecule has 0 aliphatic heterocycles. The zero-order chi connectivity index (χ0) is 15.9. The highest BCUT2D eigenvalue weighted by atomic mass is 16.4. The van der Waals surface area contributed by atoms with Crippen LogP contribution in [0, 0.1) is 11.8 Å². The summed E-state index contributed by atoms with van der Waals surface area (Å²) in [5.74, 6) is -0.752. The summed E-state index contributed by atoms with van der Waals surface area (Å²) >= 11 is 0. The van der Waals surface area contributed by atoms with Crippen LogP contribution >= 0.6 is 0 Å². The molecule has 0 bridgehead atoms. The van der Waals surface area contributed by atoms with E-state index in [0.29, 0.717) is 25.4 Å². The molecule has 0 aliphatic rings. The summed E-state index contributed by atoms with van der Waals surface area (Å²) in [6.45, 7) is 5.09. The van der Waals surface area contributed by atoms with E-state index in [2.05, 4.69) is 20.5 Å². The summed E-state index contributed by atoms with van der Waals surface area (Å²) in [7, 11) is 0. The lowest BCUT2D eigenvalue weighted by atomic mass is 9.97. The average molecular weight is 302 g/mol. The fourth-order valence-corrected chi connectivity index (χ4v) is 2.43. The van der Waals surface area contributed by atoms with Gasteiger partial charge in [0.25, 0.3) is 0 Å². The fraction of sp³-hybridized carbons (Fsp3) is 0.438. The third kappa shape index (κ3) is 4.39. The van der Waals surface area contributed by atoms with E-state index < -0.39 is 5.97 Å². The Morgan fingerprint density at radius 1 is 1.41 bits per heavy atom. The minimum absolute atomic E-state index is 0.364. The number of H-pyrrole nitrogens is 1. The zero-order valence-corrected chi connectivity index (χ0v) is 12.9. The molecule has 0 amide bonds. The van der Waals surface area contributed by atoms with Crippen LogP contribution in [0.2, 0.25) is 0 Å². The van der Waals surface area contributed by atoms with Crippen molar-refractivity contribution < 1.29 is 9.90 Å². The van der Waals surface area contributed by atoms with Gasteiger partial charge in [0.1, 0.15) is 0 Å². The molecule has 0 radical (unpaired) electrons. The van der Waals surface area contributed by atoms with Gasteiger partial charge in [-0.3, -0.25) is 14.9 Å². The highest BCUT2D eigenvalue weighted by molar-refractivity contribution is 5.70. The molecule has 2 rings (SSSR count). The lowest BCUT2D eigenvalue weighted by Crippen LogP contribution is -2.29. The number of carbonyl (C=O) groups is 1. The van der Waals surface area contributed by atoms with E-state index in [0.717, 1.165) is 16.8 Å². The van der Waals surface area contributed by atoms with Gasteiger partial charge in [0.15, 0.2) is 0 Å². The number of hydrogen-bond donors (Lipinski definition) is 3. The number of pyridine rings is 1. The van der Waals surface area contributed by atoms with Gasteiger partial charge in [0.2, 0.25) is 0 Å². The third-order valence-corrected chi connectivity index (χ3v) is 3.48. The van der Waals surface area contributed by atoms with Crippen molar-refractivity contribution in [3.05, 3.63) is 36.3 Å². The molecule has 0 fully saturated rings. The van der Waals surface area contributed by atoms with Crippen molar-refractivity contribution in [2.45, 2.75) is 26.8 Å². The number of carboxylic acids is 1. The minimum atomic E-state index is -0.749. The van der Waals surface area contributed by atoms with Gasteiger partial charge in [-0.05, 0) is 24.5 Å². The maximum Gasteiger partial charge on any atom is 0.307 e. The predicted octanol–water partition coefficient (Wildman–Crippen LogP) is 2.31. The molecule has 0 aliphatic carbocycles. The van der Waals surface area contributed by atoms with Gasteiger partial charge in [-0.2, -0.15) is 5.10 Å². The van der Waals surface area contributed by atoms with Crippen molar-refractivity contribution in [1.82, 2.24) is 20.5 Å². The second kappa shape index (κ2) is 7.70. The van der Waals surface area contributed by atoms with Crippen LogP contribution in [-0.2, 0) is 11.3 Å². The Bertz CT molecular complexity index is 595. The molecule has 118 valence electrons. The summed E-state index contributed by atoms with van der Waals surface area (Å²) in [5, 5.41) is 19.5. The number of aromatic amines is 1. The van der Waals surface area contributed by atoms with Crippen molar-refractivity contribution in [2.24, 2.45) is 11.8 Å². The fourth-order valence-electron chi connectivity index (χ4n) is 2.43. The van der Waals surface area contributed by atoms with Crippen molar-refractivity contribution >= 4 is 5.97 Å². The lowest BCUT2D eigenvalue weighted by molar-refractivity contribution is -0.142. The second-order valence-electron chi connectivity index (χ2n) is 5.81. The minimum Gasteiger partial charge on any atom is -0.481 e. The third-order valence-electron chi connectivity index (χ3n) is 3.48. The standard InChI is InChI=1S/C16H22N4O2/c1-11(2)6-13(16(21)22)8-18-9-14-10-19-20-15(14)12-4-3-5-17-7-12/h3-5,7,10-11,13,18H,6,8-9H2,1-2H3,(H,19,20)(H,21,22). The highest BCUT2D eigenvalue weighted by Gasteiger charge is 2.18. The number of aromatic nitrogens is 3. The molecule has 1 atom stereocenters. The first-order chi connectivity index (χ1) is 10.6. The van der Waals surface area contributed by atoms with Gasteiger partial charge in [-0.15, -0.1) is 0 Å². The average Bonchev–Trinajstić information content (AvgIpc) is 2.95. The molecule has 0 saturated heterocycles. The van der Waals surface area contributed by atoms with Gasteiger partial charge < -0.3 is 10.4 Å². The van der Waals surface area contributed by atoms with Crippen molar-refractivity contribution in [2.75, 3.05) is 6.54 Å². The number of aliphatic carboxylic acids is 1. The second-order valence-corrected chi connectivity index (χ2v) is 5.81. The Morgan fingerprint density at radius 2 is 2.23 bits per heavy atom. The molecule has 6 nitrogen and oxygen atoms in total. The summed E-state index contributed by atoms with van der Waals surface area (Å²) in [6, 6.07) is 3.83. The van der Waals surface area contributed by atoms with E-state index >= 15 is 0 Å². The normalized spacial score (nSPS) is 12.5. The molecule has 2 heterocycles. The number of nitrogens with zero attached hydrogens (tertiary/aromatic N) is 2. The van der Waals surface area contributed by atoms with Crippen LogP contribution in [-0.4, -0.2) is 32.8 Å². The van der Waals surface area contributed by atoms with Crippen LogP contribution < -0.4 is 5.32 Å². The molecule has 0 spiro atoms. The van der Waals surface area contributed by atoms with Crippen LogP contribution in [0.15, 0.2) is 30.7 Å². The van der Waals surface area contributed by atoms with E-state index in [1.807, 2.05) is 26.0 Å². The Labute approximate surface area is 130 Å². The van der Waals surface area contributed by atoms with E-state index in [1.165, 1.54) is 0 Å². The predicted molar refractivity (Wildman–Crippen MR) is 84.1 cm³/mol. The van der Waals surface area contributed by atoms with Crippen LogP contribution in [0.5, 0.6) is 0 Å². The van der Waals surface area contributed by atoms with Crippen molar-refractivity contribution in [3.63, 3.8) is 0 Å². The largest absolute Gasteiger partial charge is 0.481 e. The van der Waals surface area contributed by atoms with Crippen LogP contribution in [0.1, 0.15) is 25.8 Å². The number of rotatable bonds is 8. The topological polar surface area (TPSA) is 90.9 Å². The molecule has 0 aromatic carbocycles. The Balaban J connectivity index is 1.95. The van der Waals surface area contributed by atoms with E-state index in [9.17, 15) is 9.90 Å². The first kappa shape index (κ1) is 16.2. The molecule has 2 aromatic rings. The Kier molecular flexibility index (Phi) is 5.66. The van der Waals surface area contributed by atoms with Crippen molar-refractivity contribution in [3.8, 4) is 11.3 Å². The zero-order valence-electron chi connectivity index (χ0n) is 12.9. The number of nitrogens with one attached hydrogen (secondary N) is 2. The van der Waals surface area contributed by atoms with E-state index in [1.54, 1.807) is 18.6 Å². The summed E-state index contributed by atoms with van der Waals surface area (Å²) in [6.07, 6.45) is 5.92. The van der Waals surface area contributed by atoms with Crippen LogP contribution in [0.25, 0.3) is 11.3 Å². The molecular weight excluding hydrogens is 280 g/mol. The van der Waals surface area contributed by atoms with Crippen LogP contribution in [0.3, 0.4) is 0 Å².